The summed E-state index contributed by atoms with van der Waals surface area (Å²) >= 11 is 0. The van der Waals surface area contributed by atoms with E-state index >= 15 is 0 Å². The highest BCUT2D eigenvalue weighted by atomic mass is 19.1. The summed E-state index contributed by atoms with van der Waals surface area (Å²) in [6, 6.07) is 23.4. The zero-order valence-corrected chi connectivity index (χ0v) is 15.6. The maximum absolute atomic E-state index is 13.5. The molecule has 0 aliphatic carbocycles. The predicted octanol–water partition coefficient (Wildman–Crippen LogP) is 3.90. The van der Waals surface area contributed by atoms with Gasteiger partial charge >= 0.3 is 0 Å². The topological polar surface area (TPSA) is 58.6 Å². The molecule has 1 amide bonds. The Labute approximate surface area is 163 Å². The molecule has 3 rings (SSSR count). The van der Waals surface area contributed by atoms with Gasteiger partial charge in [0, 0.05) is 0 Å². The minimum Gasteiger partial charge on any atom is -0.481 e. The monoisotopic (exact) mass is 379 g/mol. The molecule has 5 heteroatoms. The van der Waals surface area contributed by atoms with Crippen LogP contribution >= 0.6 is 0 Å². The van der Waals surface area contributed by atoms with Crippen molar-refractivity contribution in [1.82, 2.24) is 5.32 Å². The number of ether oxygens (including phenoxy) is 1. The molecule has 0 saturated heterocycles. The Hall–Kier alpha value is -3.18. The van der Waals surface area contributed by atoms with Gasteiger partial charge in [0.25, 0.3) is 5.91 Å². The lowest BCUT2D eigenvalue weighted by molar-refractivity contribution is -0.124. The maximum atomic E-state index is 13.5. The minimum atomic E-state index is -1.25. The van der Waals surface area contributed by atoms with E-state index in [9.17, 15) is 14.3 Å². The fourth-order valence-electron chi connectivity index (χ4n) is 2.78. The zero-order chi connectivity index (χ0) is 20.0. The first-order valence-electron chi connectivity index (χ1n) is 8.98. The van der Waals surface area contributed by atoms with Crippen LogP contribution in [-0.2, 0) is 10.4 Å². The summed E-state index contributed by atoms with van der Waals surface area (Å²) in [6.07, 6.45) is 0. The van der Waals surface area contributed by atoms with Gasteiger partial charge in [-0.1, -0.05) is 66.7 Å². The number of hydrogen-bond donors (Lipinski definition) is 2. The first kappa shape index (κ1) is 19.6. The van der Waals surface area contributed by atoms with Crippen LogP contribution < -0.4 is 10.1 Å². The van der Waals surface area contributed by atoms with E-state index in [1.807, 2.05) is 54.6 Å². The summed E-state index contributed by atoms with van der Waals surface area (Å²) in [4.78, 5) is 12.0. The SMILES string of the molecule is C[C@](O)(CNC(=O)COc1ccccc1F)c1ccc(-c2ccccc2)cc1. The Balaban J connectivity index is 1.56. The maximum Gasteiger partial charge on any atom is 0.258 e. The van der Waals surface area contributed by atoms with Crippen molar-refractivity contribution in [2.45, 2.75) is 12.5 Å². The summed E-state index contributed by atoms with van der Waals surface area (Å²) in [5.74, 6) is -0.953. The molecule has 3 aromatic rings. The van der Waals surface area contributed by atoms with Crippen LogP contribution in [0.5, 0.6) is 5.75 Å². The highest BCUT2D eigenvalue weighted by Gasteiger charge is 2.24. The van der Waals surface area contributed by atoms with E-state index in [0.29, 0.717) is 5.56 Å². The van der Waals surface area contributed by atoms with Gasteiger partial charge < -0.3 is 15.2 Å². The van der Waals surface area contributed by atoms with Crippen LogP contribution in [0.1, 0.15) is 12.5 Å². The van der Waals surface area contributed by atoms with E-state index in [2.05, 4.69) is 5.32 Å². The lowest BCUT2D eigenvalue weighted by Gasteiger charge is -2.24. The van der Waals surface area contributed by atoms with Crippen molar-refractivity contribution in [2.75, 3.05) is 13.2 Å². The highest BCUT2D eigenvalue weighted by Crippen LogP contribution is 2.24. The largest absolute Gasteiger partial charge is 0.481 e. The fraction of sp³-hybridized carbons (Fsp3) is 0.174. The molecule has 0 heterocycles. The number of benzene rings is 3. The third-order valence-corrected chi connectivity index (χ3v) is 4.44. The first-order chi connectivity index (χ1) is 13.5. The molecule has 1 atom stereocenters. The molecule has 0 bridgehead atoms. The quantitative estimate of drug-likeness (QED) is 0.655. The summed E-state index contributed by atoms with van der Waals surface area (Å²) in [5.41, 5.74) is 1.57. The molecule has 2 N–H and O–H groups in total. The summed E-state index contributed by atoms with van der Waals surface area (Å²) in [5, 5.41) is 13.3. The van der Waals surface area contributed by atoms with Crippen LogP contribution in [-0.4, -0.2) is 24.2 Å². The number of carbonyl (C=O) groups excluding carboxylic acids is 1. The van der Waals surface area contributed by atoms with E-state index in [1.54, 1.807) is 19.1 Å². The van der Waals surface area contributed by atoms with Crippen molar-refractivity contribution >= 4 is 5.91 Å². The number of carbonyl (C=O) groups is 1. The van der Waals surface area contributed by atoms with Crippen molar-refractivity contribution < 1.29 is 19.0 Å². The molecule has 0 unspecified atom stereocenters. The average Bonchev–Trinajstić information content (AvgIpc) is 2.72. The standard InChI is InChI=1S/C23H22FNO3/c1-23(27,16-25-22(26)15-28-21-10-6-5-9-20(21)24)19-13-11-18(12-14-19)17-7-3-2-4-8-17/h2-14,27H,15-16H2,1H3,(H,25,26)/t23-/m0/s1. The number of para-hydroxylation sites is 1. The molecule has 4 nitrogen and oxygen atoms in total. The van der Waals surface area contributed by atoms with Crippen LogP contribution in [0, 0.1) is 5.82 Å². The molecule has 0 fully saturated rings. The lowest BCUT2D eigenvalue weighted by atomic mass is 9.93. The van der Waals surface area contributed by atoms with Gasteiger partial charge in [-0.2, -0.15) is 0 Å². The summed E-state index contributed by atoms with van der Waals surface area (Å²) < 4.78 is 18.7. The number of amides is 1. The van der Waals surface area contributed by atoms with Gasteiger partial charge in [0.05, 0.1) is 6.54 Å². The molecule has 0 aliphatic rings. The second kappa shape index (κ2) is 8.67. The zero-order valence-electron chi connectivity index (χ0n) is 15.6. The molecule has 0 saturated carbocycles. The van der Waals surface area contributed by atoms with Crippen LogP contribution in [0.2, 0.25) is 0 Å². The Bertz CT molecular complexity index is 924. The van der Waals surface area contributed by atoms with Gasteiger partial charge in [-0.3, -0.25) is 4.79 Å². The average molecular weight is 379 g/mol. The molecule has 28 heavy (non-hydrogen) atoms. The third kappa shape index (κ3) is 4.96. The van der Waals surface area contributed by atoms with Gasteiger partial charge in [-0.05, 0) is 35.7 Å². The Morgan fingerprint density at radius 2 is 1.57 bits per heavy atom. The number of nitrogens with one attached hydrogen (secondary N) is 1. The Morgan fingerprint density at radius 3 is 2.25 bits per heavy atom. The van der Waals surface area contributed by atoms with Crippen LogP contribution in [0.3, 0.4) is 0 Å². The lowest BCUT2D eigenvalue weighted by Crippen LogP contribution is -2.40. The molecule has 0 aliphatic heterocycles. The smallest absolute Gasteiger partial charge is 0.258 e. The molecule has 0 spiro atoms. The number of rotatable bonds is 7. The Kier molecular flexibility index (Phi) is 6.06. The van der Waals surface area contributed by atoms with Crippen LogP contribution in [0.15, 0.2) is 78.9 Å². The fourth-order valence-corrected chi connectivity index (χ4v) is 2.78. The molecule has 3 aromatic carbocycles. The second-order valence-corrected chi connectivity index (χ2v) is 6.71. The highest BCUT2D eigenvalue weighted by molar-refractivity contribution is 5.77. The number of halogens is 1. The minimum absolute atomic E-state index is 0.0111. The molecule has 144 valence electrons. The number of aliphatic hydroxyl groups is 1. The van der Waals surface area contributed by atoms with Crippen LogP contribution in [0.25, 0.3) is 11.1 Å². The van der Waals surface area contributed by atoms with Crippen LogP contribution in [0.4, 0.5) is 4.39 Å². The van der Waals surface area contributed by atoms with Crippen molar-refractivity contribution in [2.24, 2.45) is 0 Å². The molecule has 0 radical (unpaired) electrons. The van der Waals surface area contributed by atoms with E-state index in [4.69, 9.17) is 4.74 Å². The number of hydrogen-bond acceptors (Lipinski definition) is 3. The van der Waals surface area contributed by atoms with E-state index in [0.717, 1.165) is 11.1 Å². The van der Waals surface area contributed by atoms with Gasteiger partial charge in [0.1, 0.15) is 5.60 Å². The summed E-state index contributed by atoms with van der Waals surface area (Å²) in [7, 11) is 0. The summed E-state index contributed by atoms with van der Waals surface area (Å²) in [6.45, 7) is 1.31. The Morgan fingerprint density at radius 1 is 0.964 bits per heavy atom. The third-order valence-electron chi connectivity index (χ3n) is 4.44. The first-order valence-corrected chi connectivity index (χ1v) is 8.98. The molecule has 0 aromatic heterocycles. The van der Waals surface area contributed by atoms with Crippen molar-refractivity contribution in [1.29, 1.82) is 0 Å². The van der Waals surface area contributed by atoms with Crippen molar-refractivity contribution in [3.63, 3.8) is 0 Å². The predicted molar refractivity (Wildman–Crippen MR) is 106 cm³/mol. The van der Waals surface area contributed by atoms with E-state index in [1.165, 1.54) is 12.1 Å². The van der Waals surface area contributed by atoms with Gasteiger partial charge in [-0.15, -0.1) is 0 Å². The normalized spacial score (nSPS) is 12.8. The van der Waals surface area contributed by atoms with Gasteiger partial charge in [0.2, 0.25) is 0 Å². The van der Waals surface area contributed by atoms with Gasteiger partial charge in [0.15, 0.2) is 18.2 Å². The second-order valence-electron chi connectivity index (χ2n) is 6.71. The van der Waals surface area contributed by atoms with E-state index < -0.39 is 17.3 Å². The van der Waals surface area contributed by atoms with Crippen molar-refractivity contribution in [3.05, 3.63) is 90.2 Å². The van der Waals surface area contributed by atoms with E-state index in [-0.39, 0.29) is 18.9 Å². The van der Waals surface area contributed by atoms with Gasteiger partial charge in [-0.25, -0.2) is 4.39 Å². The molecular weight excluding hydrogens is 357 g/mol. The molecular formula is C23H22FNO3. The van der Waals surface area contributed by atoms with Crippen molar-refractivity contribution in [3.8, 4) is 16.9 Å².